The fourth-order valence-corrected chi connectivity index (χ4v) is 3.62. The maximum atomic E-state index is 14.2. The number of nitrogens with zero attached hydrogens (tertiary/aromatic N) is 3. The lowest BCUT2D eigenvalue weighted by atomic mass is 9.89. The lowest BCUT2D eigenvalue weighted by molar-refractivity contribution is -0.214. The van der Waals surface area contributed by atoms with E-state index in [9.17, 15) is 13.2 Å². The number of alkyl halides is 3. The molecule has 0 amide bonds. The van der Waals surface area contributed by atoms with Crippen molar-refractivity contribution in [2.24, 2.45) is 0 Å². The number of hydrogen-bond acceptors (Lipinski definition) is 3. The van der Waals surface area contributed by atoms with Crippen LogP contribution in [0, 0.1) is 0 Å². The van der Waals surface area contributed by atoms with E-state index in [1.807, 2.05) is 13.8 Å². The third kappa shape index (κ3) is 4.04. The van der Waals surface area contributed by atoms with Gasteiger partial charge in [-0.2, -0.15) is 13.2 Å². The Morgan fingerprint density at radius 3 is 2.34 bits per heavy atom. The Morgan fingerprint density at radius 1 is 1.10 bits per heavy atom. The summed E-state index contributed by atoms with van der Waals surface area (Å²) in [5.74, 6) is 0.0321. The highest BCUT2D eigenvalue weighted by Crippen LogP contribution is 2.47. The first kappa shape index (κ1) is 21.4. The molecule has 3 nitrogen and oxygen atoms in total. The van der Waals surface area contributed by atoms with E-state index in [2.05, 4.69) is 9.97 Å². The van der Waals surface area contributed by atoms with Crippen LogP contribution in [0.3, 0.4) is 0 Å². The zero-order valence-corrected chi connectivity index (χ0v) is 17.5. The molecule has 0 saturated heterocycles. The number of hydrogen-bond donors (Lipinski definition) is 0. The molecule has 7 heteroatoms. The molecule has 29 heavy (non-hydrogen) atoms. The number of aromatic nitrogens is 2. The second-order valence-electron chi connectivity index (χ2n) is 7.84. The zero-order valence-electron chi connectivity index (χ0n) is 16.7. The number of benzene rings is 1. The van der Waals surface area contributed by atoms with Gasteiger partial charge in [0.25, 0.3) is 0 Å². The lowest BCUT2D eigenvalue weighted by Gasteiger charge is -2.48. The molecule has 1 unspecified atom stereocenters. The van der Waals surface area contributed by atoms with Crippen molar-refractivity contribution in [3.8, 4) is 0 Å². The fourth-order valence-electron chi connectivity index (χ4n) is 3.49. The summed E-state index contributed by atoms with van der Waals surface area (Å²) >= 11 is 5.99. The first-order valence-corrected chi connectivity index (χ1v) is 9.72. The standard InChI is InChI=1S/C22H23ClF3N3/c1-14(2)20-17(12-27-13-28-20)19-7-5-6-18(15-8-10-16(23)11-9-15)29(19)21(3,4)22(24,25)26/h5-14,18H,1-4H3. The molecule has 0 N–H and O–H groups in total. The molecule has 1 aliphatic rings. The van der Waals surface area contributed by atoms with Gasteiger partial charge in [-0.15, -0.1) is 0 Å². The van der Waals surface area contributed by atoms with E-state index < -0.39 is 17.8 Å². The summed E-state index contributed by atoms with van der Waals surface area (Å²) in [5, 5.41) is 0.532. The molecule has 0 fully saturated rings. The summed E-state index contributed by atoms with van der Waals surface area (Å²) in [5.41, 5.74) is 0.330. The molecule has 1 aliphatic heterocycles. The molecule has 0 bridgehead atoms. The van der Waals surface area contributed by atoms with Crippen LogP contribution in [0.5, 0.6) is 0 Å². The predicted molar refractivity (Wildman–Crippen MR) is 109 cm³/mol. The van der Waals surface area contributed by atoms with E-state index in [0.717, 1.165) is 5.56 Å². The molecule has 1 aromatic carbocycles. The highest BCUT2D eigenvalue weighted by atomic mass is 35.5. The zero-order chi connectivity index (χ0) is 21.4. The maximum Gasteiger partial charge on any atom is 0.411 e. The van der Waals surface area contributed by atoms with Crippen molar-refractivity contribution in [1.82, 2.24) is 14.9 Å². The van der Waals surface area contributed by atoms with Gasteiger partial charge in [0.2, 0.25) is 0 Å². The van der Waals surface area contributed by atoms with Crippen LogP contribution >= 0.6 is 11.6 Å². The highest BCUT2D eigenvalue weighted by molar-refractivity contribution is 6.30. The van der Waals surface area contributed by atoms with Gasteiger partial charge in [-0.3, -0.25) is 0 Å². The monoisotopic (exact) mass is 421 g/mol. The molecule has 0 radical (unpaired) electrons. The third-order valence-electron chi connectivity index (χ3n) is 5.16. The lowest BCUT2D eigenvalue weighted by Crippen LogP contribution is -2.55. The Morgan fingerprint density at radius 2 is 1.76 bits per heavy atom. The van der Waals surface area contributed by atoms with E-state index >= 15 is 0 Å². The topological polar surface area (TPSA) is 29.0 Å². The van der Waals surface area contributed by atoms with Crippen LogP contribution in [0.15, 0.2) is 55.0 Å². The molecule has 3 rings (SSSR count). The molecule has 0 saturated carbocycles. The summed E-state index contributed by atoms with van der Waals surface area (Å²) in [6.07, 6.45) is 3.80. The van der Waals surface area contributed by atoms with Gasteiger partial charge in [0.15, 0.2) is 0 Å². The predicted octanol–water partition coefficient (Wildman–Crippen LogP) is 6.55. The minimum absolute atomic E-state index is 0.0321. The van der Waals surface area contributed by atoms with Crippen molar-refractivity contribution in [3.05, 3.63) is 76.9 Å². The second kappa shape index (κ2) is 7.82. The molecule has 1 aromatic heterocycles. The molecule has 2 heterocycles. The summed E-state index contributed by atoms with van der Waals surface area (Å²) in [6, 6.07) is 6.26. The van der Waals surface area contributed by atoms with Gasteiger partial charge in [-0.1, -0.05) is 49.7 Å². The van der Waals surface area contributed by atoms with Gasteiger partial charge in [-0.25, -0.2) is 9.97 Å². The molecular weight excluding hydrogens is 399 g/mol. The number of rotatable bonds is 4. The Labute approximate surface area is 173 Å². The normalized spacial score (nSPS) is 17.6. The summed E-state index contributed by atoms with van der Waals surface area (Å²) < 4.78 is 42.5. The van der Waals surface area contributed by atoms with Crippen molar-refractivity contribution >= 4 is 17.3 Å². The summed E-state index contributed by atoms with van der Waals surface area (Å²) in [4.78, 5) is 9.83. The molecule has 0 spiro atoms. The van der Waals surface area contributed by atoms with Gasteiger partial charge in [0.05, 0.1) is 11.7 Å². The average molecular weight is 422 g/mol. The van der Waals surface area contributed by atoms with Gasteiger partial charge < -0.3 is 4.90 Å². The summed E-state index contributed by atoms with van der Waals surface area (Å²) in [7, 11) is 0. The molecular formula is C22H23ClF3N3. The van der Waals surface area contributed by atoms with Crippen LogP contribution in [0.25, 0.3) is 5.70 Å². The second-order valence-corrected chi connectivity index (χ2v) is 8.27. The molecule has 154 valence electrons. The van der Waals surface area contributed by atoms with Crippen molar-refractivity contribution in [3.63, 3.8) is 0 Å². The summed E-state index contributed by atoms with van der Waals surface area (Å²) in [6.45, 7) is 6.31. The fraction of sp³-hybridized carbons (Fsp3) is 0.364. The van der Waals surface area contributed by atoms with Crippen molar-refractivity contribution in [2.45, 2.75) is 51.4 Å². The van der Waals surface area contributed by atoms with E-state index in [1.54, 1.807) is 48.7 Å². The Kier molecular flexibility index (Phi) is 5.77. The largest absolute Gasteiger partial charge is 0.411 e. The van der Waals surface area contributed by atoms with Crippen LogP contribution in [0.2, 0.25) is 5.02 Å². The van der Waals surface area contributed by atoms with Gasteiger partial charge in [0.1, 0.15) is 11.9 Å². The van der Waals surface area contributed by atoms with Crippen LogP contribution in [-0.4, -0.2) is 26.6 Å². The van der Waals surface area contributed by atoms with Crippen molar-refractivity contribution in [1.29, 1.82) is 0 Å². The van der Waals surface area contributed by atoms with Crippen LogP contribution < -0.4 is 0 Å². The molecule has 1 atom stereocenters. The van der Waals surface area contributed by atoms with Gasteiger partial charge >= 0.3 is 6.18 Å². The van der Waals surface area contributed by atoms with Crippen LogP contribution in [0.1, 0.15) is 56.5 Å². The minimum atomic E-state index is -4.46. The van der Waals surface area contributed by atoms with Crippen molar-refractivity contribution < 1.29 is 13.2 Å². The quantitative estimate of drug-likeness (QED) is 0.560. The average Bonchev–Trinajstić information content (AvgIpc) is 2.67. The maximum absolute atomic E-state index is 14.2. The highest BCUT2D eigenvalue weighted by Gasteiger charge is 2.54. The third-order valence-corrected chi connectivity index (χ3v) is 5.41. The van der Waals surface area contributed by atoms with Gasteiger partial charge in [0, 0.05) is 22.5 Å². The minimum Gasteiger partial charge on any atom is -0.346 e. The first-order chi connectivity index (χ1) is 13.5. The van der Waals surface area contributed by atoms with E-state index in [1.165, 1.54) is 25.1 Å². The Bertz CT molecular complexity index is 931. The smallest absolute Gasteiger partial charge is 0.346 e. The van der Waals surface area contributed by atoms with Crippen LogP contribution in [0.4, 0.5) is 13.2 Å². The molecule has 2 aromatic rings. The van der Waals surface area contributed by atoms with E-state index in [0.29, 0.717) is 22.0 Å². The first-order valence-electron chi connectivity index (χ1n) is 9.34. The Hall–Kier alpha value is -2.34. The molecule has 0 aliphatic carbocycles. The van der Waals surface area contributed by atoms with Crippen LogP contribution in [-0.2, 0) is 0 Å². The number of halogens is 4. The van der Waals surface area contributed by atoms with E-state index in [4.69, 9.17) is 11.6 Å². The van der Waals surface area contributed by atoms with Gasteiger partial charge in [-0.05, 0) is 43.5 Å². The van der Waals surface area contributed by atoms with E-state index in [-0.39, 0.29) is 5.92 Å². The van der Waals surface area contributed by atoms with Crippen molar-refractivity contribution in [2.75, 3.05) is 0 Å². The number of allylic oxidation sites excluding steroid dienone is 2. The Balaban J connectivity index is 2.21. The SMILES string of the molecule is CC(C)c1ncncc1C1=CC=CC(c2ccc(Cl)cc2)N1C(C)(C)C(F)(F)F.